The second kappa shape index (κ2) is 6.06. The molecule has 0 aliphatic heterocycles. The highest BCUT2D eigenvalue weighted by molar-refractivity contribution is 5.81. The molecule has 0 aliphatic rings. The number of rotatable bonds is 4. The Kier molecular flexibility index (Phi) is 5.37. The third-order valence-electron chi connectivity index (χ3n) is 1.45. The first-order valence-corrected chi connectivity index (χ1v) is 3.96. The first-order chi connectivity index (χ1) is 6.10. The smallest absolute Gasteiger partial charge is 0.331 e. The third kappa shape index (κ3) is 5.74. The molecule has 4 heteroatoms. The highest BCUT2D eigenvalue weighted by atomic mass is 16.5. The molecule has 0 aromatic heterocycles. The van der Waals surface area contributed by atoms with Crippen LogP contribution in [0.15, 0.2) is 12.3 Å². The van der Waals surface area contributed by atoms with E-state index in [1.807, 2.05) is 6.92 Å². The number of nitrogens with zero attached hydrogens (tertiary/aromatic N) is 2. The predicted octanol–water partition coefficient (Wildman–Crippen LogP) is 0.765. The molecule has 0 aromatic rings. The van der Waals surface area contributed by atoms with Gasteiger partial charge in [0.1, 0.15) is 0 Å². The molecule has 0 saturated carbocycles. The Labute approximate surface area is 78.4 Å². The van der Waals surface area contributed by atoms with Crippen molar-refractivity contribution in [1.29, 1.82) is 5.26 Å². The summed E-state index contributed by atoms with van der Waals surface area (Å²) in [6, 6.07) is 2.11. The molecule has 0 aliphatic carbocycles. The molecule has 0 N–H and O–H groups in total. The van der Waals surface area contributed by atoms with Crippen molar-refractivity contribution in [3.05, 3.63) is 12.3 Å². The van der Waals surface area contributed by atoms with E-state index >= 15 is 0 Å². The summed E-state index contributed by atoms with van der Waals surface area (Å²) in [4.78, 5) is 12.4. The highest BCUT2D eigenvalue weighted by Gasteiger charge is 2.01. The quantitative estimate of drug-likeness (QED) is 0.476. The minimum absolute atomic E-state index is 0.0488. The summed E-state index contributed by atoms with van der Waals surface area (Å²) in [5.74, 6) is -0.441. The molecule has 1 unspecified atom stereocenters. The maximum atomic E-state index is 10.7. The van der Waals surface area contributed by atoms with Gasteiger partial charge in [-0.15, -0.1) is 0 Å². The van der Waals surface area contributed by atoms with Crippen LogP contribution in [0.5, 0.6) is 0 Å². The van der Waals surface area contributed by atoms with E-state index in [0.717, 1.165) is 0 Å². The minimum atomic E-state index is -0.392. The van der Waals surface area contributed by atoms with Crippen LogP contribution in [0.3, 0.4) is 0 Å². The molecule has 0 saturated heterocycles. The van der Waals surface area contributed by atoms with E-state index < -0.39 is 5.97 Å². The summed E-state index contributed by atoms with van der Waals surface area (Å²) in [6.07, 6.45) is 2.92. The number of nitriles is 1. The van der Waals surface area contributed by atoms with E-state index in [1.54, 1.807) is 18.1 Å². The summed E-state index contributed by atoms with van der Waals surface area (Å²) in [5, 5.41) is 8.51. The largest absolute Gasteiger partial charge is 0.466 e. The van der Waals surface area contributed by atoms with Gasteiger partial charge in [0.15, 0.2) is 0 Å². The van der Waals surface area contributed by atoms with E-state index in [0.29, 0.717) is 6.54 Å². The fourth-order valence-corrected chi connectivity index (χ4v) is 0.790. The van der Waals surface area contributed by atoms with Crippen LogP contribution in [0.2, 0.25) is 0 Å². The molecular weight excluding hydrogens is 168 g/mol. The molecule has 13 heavy (non-hydrogen) atoms. The van der Waals surface area contributed by atoms with Crippen LogP contribution in [0.25, 0.3) is 0 Å². The third-order valence-corrected chi connectivity index (χ3v) is 1.45. The Morgan fingerprint density at radius 3 is 2.85 bits per heavy atom. The van der Waals surface area contributed by atoms with Crippen LogP contribution in [-0.2, 0) is 9.53 Å². The predicted molar refractivity (Wildman–Crippen MR) is 48.6 cm³/mol. The fourth-order valence-electron chi connectivity index (χ4n) is 0.790. The number of ether oxygens (including phenoxy) is 1. The lowest BCUT2D eigenvalue weighted by atomic mass is 10.2. The van der Waals surface area contributed by atoms with Gasteiger partial charge < -0.3 is 9.64 Å². The second-order valence-corrected chi connectivity index (χ2v) is 2.81. The van der Waals surface area contributed by atoms with Crippen molar-refractivity contribution in [2.75, 3.05) is 20.7 Å². The molecule has 0 heterocycles. The number of esters is 1. The normalized spacial score (nSPS) is 12.2. The van der Waals surface area contributed by atoms with Gasteiger partial charge in [-0.1, -0.05) is 0 Å². The van der Waals surface area contributed by atoms with Crippen LogP contribution >= 0.6 is 0 Å². The van der Waals surface area contributed by atoms with Crippen LogP contribution in [0.4, 0.5) is 0 Å². The van der Waals surface area contributed by atoms with Gasteiger partial charge in [0.2, 0.25) is 0 Å². The molecule has 0 radical (unpaired) electrons. The van der Waals surface area contributed by atoms with Crippen LogP contribution in [-0.4, -0.2) is 31.6 Å². The average Bonchev–Trinajstić information content (AvgIpc) is 2.13. The Morgan fingerprint density at radius 1 is 1.77 bits per heavy atom. The van der Waals surface area contributed by atoms with Gasteiger partial charge in [-0.3, -0.25) is 0 Å². The minimum Gasteiger partial charge on any atom is -0.466 e. The van der Waals surface area contributed by atoms with E-state index in [1.165, 1.54) is 13.2 Å². The van der Waals surface area contributed by atoms with Crippen molar-refractivity contribution in [2.45, 2.75) is 6.92 Å². The van der Waals surface area contributed by atoms with Crippen LogP contribution < -0.4 is 0 Å². The Balaban J connectivity index is 3.87. The van der Waals surface area contributed by atoms with E-state index in [9.17, 15) is 4.79 Å². The molecule has 0 aromatic carbocycles. The van der Waals surface area contributed by atoms with Gasteiger partial charge in [-0.25, -0.2) is 4.79 Å². The molecule has 0 rings (SSSR count). The molecule has 0 fully saturated rings. The van der Waals surface area contributed by atoms with Gasteiger partial charge in [-0.05, 0) is 6.92 Å². The van der Waals surface area contributed by atoms with Crippen molar-refractivity contribution < 1.29 is 9.53 Å². The molecule has 72 valence electrons. The zero-order chi connectivity index (χ0) is 10.3. The van der Waals surface area contributed by atoms with E-state index in [-0.39, 0.29) is 5.92 Å². The standard InChI is InChI=1S/C9H14N2O2/c1-8(6-10)7-11(2)5-4-9(12)13-3/h4-5,8H,7H2,1-3H3. The Hall–Kier alpha value is -1.50. The number of methoxy groups -OCH3 is 1. The lowest BCUT2D eigenvalue weighted by molar-refractivity contribution is -0.134. The topological polar surface area (TPSA) is 53.3 Å². The zero-order valence-corrected chi connectivity index (χ0v) is 8.15. The SMILES string of the molecule is COC(=O)C=CN(C)CC(C)C#N. The van der Waals surface area contributed by atoms with Crippen molar-refractivity contribution in [3.63, 3.8) is 0 Å². The molecule has 0 bridgehead atoms. The summed E-state index contributed by atoms with van der Waals surface area (Å²) in [5.41, 5.74) is 0. The van der Waals surface area contributed by atoms with Crippen LogP contribution in [0.1, 0.15) is 6.92 Å². The summed E-state index contributed by atoms with van der Waals surface area (Å²) < 4.78 is 4.41. The van der Waals surface area contributed by atoms with Crippen LogP contribution in [0, 0.1) is 17.2 Å². The maximum Gasteiger partial charge on any atom is 0.331 e. The Bertz CT molecular complexity index is 230. The Morgan fingerprint density at radius 2 is 2.38 bits per heavy atom. The van der Waals surface area contributed by atoms with Crippen molar-refractivity contribution in [3.8, 4) is 6.07 Å². The van der Waals surface area contributed by atoms with Crippen molar-refractivity contribution in [1.82, 2.24) is 4.90 Å². The van der Waals surface area contributed by atoms with Gasteiger partial charge >= 0.3 is 5.97 Å². The van der Waals surface area contributed by atoms with Gasteiger partial charge in [0.05, 0.1) is 19.1 Å². The number of hydrogen-bond donors (Lipinski definition) is 0. The summed E-state index contributed by atoms with van der Waals surface area (Å²) in [7, 11) is 3.12. The molecule has 4 nitrogen and oxygen atoms in total. The summed E-state index contributed by atoms with van der Waals surface area (Å²) in [6.45, 7) is 2.42. The average molecular weight is 182 g/mol. The lowest BCUT2D eigenvalue weighted by Gasteiger charge is -2.14. The van der Waals surface area contributed by atoms with E-state index in [2.05, 4.69) is 10.8 Å². The fraction of sp³-hybridized carbons (Fsp3) is 0.556. The number of carbonyl (C=O) groups excluding carboxylic acids is 1. The highest BCUT2D eigenvalue weighted by Crippen LogP contribution is 1.96. The monoisotopic (exact) mass is 182 g/mol. The second-order valence-electron chi connectivity index (χ2n) is 2.81. The van der Waals surface area contributed by atoms with Crippen molar-refractivity contribution in [2.24, 2.45) is 5.92 Å². The van der Waals surface area contributed by atoms with Gasteiger partial charge in [-0.2, -0.15) is 5.26 Å². The maximum absolute atomic E-state index is 10.7. The lowest BCUT2D eigenvalue weighted by Crippen LogP contribution is -2.18. The number of carbonyl (C=O) groups is 1. The van der Waals surface area contributed by atoms with Crippen molar-refractivity contribution >= 4 is 5.97 Å². The molecule has 0 amide bonds. The number of hydrogen-bond acceptors (Lipinski definition) is 4. The molecule has 0 spiro atoms. The van der Waals surface area contributed by atoms with Gasteiger partial charge in [0.25, 0.3) is 0 Å². The van der Waals surface area contributed by atoms with Gasteiger partial charge in [0, 0.05) is 25.9 Å². The van der Waals surface area contributed by atoms with E-state index in [4.69, 9.17) is 5.26 Å². The summed E-state index contributed by atoms with van der Waals surface area (Å²) >= 11 is 0. The zero-order valence-electron chi connectivity index (χ0n) is 8.15. The molecular formula is C9H14N2O2. The molecule has 1 atom stereocenters. The first-order valence-electron chi connectivity index (χ1n) is 3.96. The first kappa shape index (κ1) is 11.5.